The minimum Gasteiger partial charge on any atom is -0.539 e. The van der Waals surface area contributed by atoms with E-state index in [1.165, 1.54) is 16.9 Å². The first-order chi connectivity index (χ1) is 18.1. The molecule has 0 saturated heterocycles. The number of aromatic nitrogens is 1. The van der Waals surface area contributed by atoms with Gasteiger partial charge < -0.3 is 4.43 Å². The maximum Gasteiger partial charge on any atom is 0.277 e. The molecular weight excluding hydrogens is 430 g/mol. The van der Waals surface area contributed by atoms with Gasteiger partial charge in [0.25, 0.3) is 8.32 Å². The Morgan fingerprint density at radius 3 is 2.32 bits per heavy atom. The maximum atomic E-state index is 8.61. The SMILES string of the molecule is [2H]C([2H])([2H])c1cnc(-c2cccc3c2O[Si](C)(C)c2ccccc2-3)cc1-c1ccc(C([2H])([2H])C(C)(C)C)cc1. The second-order valence-corrected chi connectivity index (χ2v) is 14.2. The fourth-order valence-corrected chi connectivity index (χ4v) is 6.83. The van der Waals surface area contributed by atoms with E-state index in [2.05, 4.69) is 36.3 Å². The van der Waals surface area contributed by atoms with E-state index < -0.39 is 27.0 Å². The first-order valence-corrected chi connectivity index (χ1v) is 14.6. The Balaban J connectivity index is 1.66. The Kier molecular flexibility index (Phi) is 4.19. The molecule has 0 N–H and O–H groups in total. The van der Waals surface area contributed by atoms with Gasteiger partial charge in [-0.05, 0) is 76.9 Å². The number of aryl methyl sites for hydroxylation is 1. The van der Waals surface area contributed by atoms with Crippen molar-refractivity contribution in [3.63, 3.8) is 0 Å². The molecule has 0 spiro atoms. The summed E-state index contributed by atoms with van der Waals surface area (Å²) >= 11 is 0. The van der Waals surface area contributed by atoms with Crippen LogP contribution in [0.15, 0.2) is 79.0 Å². The summed E-state index contributed by atoms with van der Waals surface area (Å²) in [5.74, 6) is 0.779. The van der Waals surface area contributed by atoms with Gasteiger partial charge in [-0.1, -0.05) is 81.4 Å². The summed E-state index contributed by atoms with van der Waals surface area (Å²) in [6.45, 7) is 7.61. The molecule has 0 radical (unpaired) electrons. The number of benzene rings is 3. The van der Waals surface area contributed by atoms with Crippen molar-refractivity contribution in [2.75, 3.05) is 0 Å². The quantitative estimate of drug-likeness (QED) is 0.286. The molecule has 5 rings (SSSR count). The van der Waals surface area contributed by atoms with Crippen molar-refractivity contribution >= 4 is 13.5 Å². The van der Waals surface area contributed by atoms with Gasteiger partial charge in [0.15, 0.2) is 0 Å². The average molecular weight is 469 g/mol. The molecule has 1 aliphatic heterocycles. The van der Waals surface area contributed by atoms with Crippen LogP contribution in [0.25, 0.3) is 33.5 Å². The molecular formula is C31H33NOSi. The van der Waals surface area contributed by atoms with Gasteiger partial charge in [-0.25, -0.2) is 0 Å². The fourth-order valence-electron chi connectivity index (χ4n) is 4.62. The van der Waals surface area contributed by atoms with Gasteiger partial charge in [-0.2, -0.15) is 0 Å². The van der Waals surface area contributed by atoms with Crippen LogP contribution in [0.5, 0.6) is 5.75 Å². The van der Waals surface area contributed by atoms with Gasteiger partial charge in [0, 0.05) is 24.2 Å². The number of nitrogens with zero attached hydrogens (tertiary/aromatic N) is 1. The minimum atomic E-state index is -2.36. The minimum absolute atomic E-state index is 0.156. The number of fused-ring (bicyclic) bond motifs is 3. The summed E-state index contributed by atoms with van der Waals surface area (Å²) in [4.78, 5) is 4.62. The van der Waals surface area contributed by atoms with Crippen molar-refractivity contribution in [2.24, 2.45) is 5.41 Å². The number of hydrogen-bond donors (Lipinski definition) is 0. The van der Waals surface area contributed by atoms with Gasteiger partial charge in [0.2, 0.25) is 0 Å². The van der Waals surface area contributed by atoms with Crippen molar-refractivity contribution in [3.8, 4) is 39.3 Å². The Labute approximate surface area is 211 Å². The van der Waals surface area contributed by atoms with E-state index in [0.29, 0.717) is 22.4 Å². The van der Waals surface area contributed by atoms with Crippen LogP contribution in [0.3, 0.4) is 0 Å². The van der Waals surface area contributed by atoms with Crippen LogP contribution in [0.4, 0.5) is 0 Å². The Morgan fingerprint density at radius 2 is 1.59 bits per heavy atom. The van der Waals surface area contributed by atoms with E-state index in [9.17, 15) is 0 Å². The van der Waals surface area contributed by atoms with Crippen LogP contribution in [0.2, 0.25) is 13.1 Å². The van der Waals surface area contributed by atoms with Gasteiger partial charge in [0.05, 0.1) is 5.69 Å². The molecule has 1 aromatic heterocycles. The zero-order valence-corrected chi connectivity index (χ0v) is 21.4. The maximum absolute atomic E-state index is 8.61. The highest BCUT2D eigenvalue weighted by atomic mass is 28.4. The van der Waals surface area contributed by atoms with Gasteiger partial charge in [-0.3, -0.25) is 4.98 Å². The molecule has 1 aliphatic rings. The second kappa shape index (κ2) is 8.25. The van der Waals surface area contributed by atoms with Gasteiger partial charge in [0.1, 0.15) is 5.75 Å². The molecule has 4 aromatic rings. The zero-order valence-electron chi connectivity index (χ0n) is 25.4. The lowest BCUT2D eigenvalue weighted by atomic mass is 9.87. The summed E-state index contributed by atoms with van der Waals surface area (Å²) in [5.41, 5.74) is 4.99. The largest absolute Gasteiger partial charge is 0.539 e. The third-order valence-corrected chi connectivity index (χ3v) is 8.58. The van der Waals surface area contributed by atoms with E-state index in [4.69, 9.17) is 11.3 Å². The lowest BCUT2D eigenvalue weighted by molar-refractivity contribution is 0.411. The first kappa shape index (κ1) is 17.3. The summed E-state index contributed by atoms with van der Waals surface area (Å²) in [6, 6.07) is 23.3. The topological polar surface area (TPSA) is 22.1 Å². The summed E-state index contributed by atoms with van der Waals surface area (Å²) in [5, 5.41) is 1.25. The highest BCUT2D eigenvalue weighted by molar-refractivity contribution is 6.86. The number of pyridine rings is 1. The van der Waals surface area contributed by atoms with Crippen LogP contribution in [0.1, 0.15) is 38.8 Å². The molecule has 0 bridgehead atoms. The lowest BCUT2D eigenvalue weighted by Crippen LogP contribution is -2.50. The Hall–Kier alpha value is -3.17. The summed E-state index contributed by atoms with van der Waals surface area (Å²) in [6.07, 6.45) is -0.103. The van der Waals surface area contributed by atoms with Gasteiger partial charge >= 0.3 is 0 Å². The van der Waals surface area contributed by atoms with E-state index in [1.54, 1.807) is 24.3 Å². The second-order valence-electron chi connectivity index (χ2n) is 10.4. The fraction of sp³-hybridized carbons (Fsp3) is 0.258. The van der Waals surface area contributed by atoms with E-state index >= 15 is 0 Å². The van der Waals surface area contributed by atoms with E-state index in [1.807, 2.05) is 51.1 Å². The molecule has 0 atom stereocenters. The molecule has 0 saturated carbocycles. The number of hydrogen-bond acceptors (Lipinski definition) is 2. The molecule has 2 heterocycles. The van der Waals surface area contributed by atoms with Crippen molar-refractivity contribution in [1.29, 1.82) is 0 Å². The number of para-hydroxylation sites is 1. The molecule has 2 nitrogen and oxygen atoms in total. The molecule has 0 unspecified atom stereocenters. The molecule has 3 heteroatoms. The zero-order chi connectivity index (χ0) is 28.4. The van der Waals surface area contributed by atoms with Crippen LogP contribution in [0, 0.1) is 12.3 Å². The molecule has 0 fully saturated rings. The monoisotopic (exact) mass is 468 g/mol. The third kappa shape index (κ3) is 4.21. The normalized spacial score (nSPS) is 17.1. The molecule has 172 valence electrons. The Bertz CT molecular complexity index is 1550. The van der Waals surface area contributed by atoms with Crippen molar-refractivity contribution in [2.45, 2.75) is 47.1 Å². The first-order valence-electron chi connectivity index (χ1n) is 14.1. The smallest absolute Gasteiger partial charge is 0.277 e. The standard InChI is InChI=1S/C31H33NOSi/c1-21-20-32-28(18-27(21)23-16-14-22(15-17-23)19-31(2,3)4)26-12-9-11-25-24-10-7-8-13-29(24)34(5,6)33-30(25)26/h7-18,20H,19H2,1-6H3/i1D3,19D2. The predicted octanol–water partition coefficient (Wildman–Crippen LogP) is 7.78. The van der Waals surface area contributed by atoms with Crippen LogP contribution in [-0.2, 0) is 6.37 Å². The Morgan fingerprint density at radius 1 is 0.882 bits per heavy atom. The van der Waals surface area contributed by atoms with Crippen molar-refractivity contribution < 1.29 is 11.3 Å². The third-order valence-electron chi connectivity index (χ3n) is 6.13. The van der Waals surface area contributed by atoms with E-state index in [-0.39, 0.29) is 5.56 Å². The molecule has 0 amide bonds. The van der Waals surface area contributed by atoms with Crippen LogP contribution < -0.4 is 9.61 Å². The summed E-state index contributed by atoms with van der Waals surface area (Å²) < 4.78 is 48.4. The van der Waals surface area contributed by atoms with E-state index in [0.717, 1.165) is 16.9 Å². The highest BCUT2D eigenvalue weighted by Crippen LogP contribution is 2.43. The number of rotatable bonds is 3. The molecule has 34 heavy (non-hydrogen) atoms. The highest BCUT2D eigenvalue weighted by Gasteiger charge is 2.36. The average Bonchev–Trinajstić information content (AvgIpc) is 2.87. The van der Waals surface area contributed by atoms with Crippen molar-refractivity contribution in [3.05, 3.63) is 90.1 Å². The van der Waals surface area contributed by atoms with Crippen LogP contribution in [-0.4, -0.2) is 13.3 Å². The predicted molar refractivity (Wildman–Crippen MR) is 146 cm³/mol. The van der Waals surface area contributed by atoms with Crippen molar-refractivity contribution in [1.82, 2.24) is 4.98 Å². The molecule has 0 aliphatic carbocycles. The summed E-state index contributed by atoms with van der Waals surface area (Å²) in [7, 11) is -2.24. The lowest BCUT2D eigenvalue weighted by Gasteiger charge is -2.34. The van der Waals surface area contributed by atoms with Crippen LogP contribution >= 0.6 is 0 Å². The molecule has 3 aromatic carbocycles. The van der Waals surface area contributed by atoms with Gasteiger partial charge in [-0.15, -0.1) is 0 Å².